The van der Waals surface area contributed by atoms with Gasteiger partial charge in [-0.2, -0.15) is 0 Å². The number of hydrogen-bond donors (Lipinski definition) is 2. The van der Waals surface area contributed by atoms with Gasteiger partial charge in [0, 0.05) is 6.61 Å². The van der Waals surface area contributed by atoms with E-state index < -0.39 is 10.0 Å². The average Bonchev–Trinajstić information content (AvgIpc) is 2.26. The summed E-state index contributed by atoms with van der Waals surface area (Å²) in [6, 6.07) is 7.36. The molecule has 0 aliphatic carbocycles. The van der Waals surface area contributed by atoms with Gasteiger partial charge in [0.1, 0.15) is 0 Å². The molecule has 96 valence electrons. The van der Waals surface area contributed by atoms with Crippen LogP contribution in [-0.2, 0) is 10.0 Å². The Labute approximate surface area is 103 Å². The highest BCUT2D eigenvalue weighted by molar-refractivity contribution is 7.92. The highest BCUT2D eigenvalue weighted by Gasteiger charge is 2.13. The second-order valence-electron chi connectivity index (χ2n) is 4.24. The molecular formula is C12H19NO3S. The molecule has 0 amide bonds. The number of rotatable bonds is 6. The van der Waals surface area contributed by atoms with Crippen molar-refractivity contribution >= 4 is 15.7 Å². The van der Waals surface area contributed by atoms with Gasteiger partial charge in [0.15, 0.2) is 0 Å². The molecule has 0 radical (unpaired) electrons. The van der Waals surface area contributed by atoms with E-state index in [9.17, 15) is 8.42 Å². The summed E-state index contributed by atoms with van der Waals surface area (Å²) in [7, 11) is -3.36. The van der Waals surface area contributed by atoms with Crippen molar-refractivity contribution in [2.45, 2.75) is 26.2 Å². The molecule has 0 aromatic heterocycles. The van der Waals surface area contributed by atoms with Crippen LogP contribution >= 0.6 is 0 Å². The lowest BCUT2D eigenvalue weighted by Crippen LogP contribution is -2.18. The molecule has 5 heteroatoms. The molecule has 0 saturated heterocycles. The second-order valence-corrected chi connectivity index (χ2v) is 6.08. The third kappa shape index (κ3) is 4.36. The third-order valence-corrected chi connectivity index (χ3v) is 3.78. The van der Waals surface area contributed by atoms with Gasteiger partial charge in [-0.05, 0) is 24.0 Å². The maximum Gasteiger partial charge on any atom is 0.232 e. The number of benzene rings is 1. The number of sulfonamides is 1. The zero-order valence-corrected chi connectivity index (χ0v) is 11.0. The third-order valence-electron chi connectivity index (χ3n) is 2.42. The Hall–Kier alpha value is -1.07. The van der Waals surface area contributed by atoms with Crippen LogP contribution < -0.4 is 4.72 Å². The van der Waals surface area contributed by atoms with E-state index in [-0.39, 0.29) is 24.7 Å². The fourth-order valence-corrected chi connectivity index (χ4v) is 2.70. The summed E-state index contributed by atoms with van der Waals surface area (Å²) < 4.78 is 26.0. The van der Waals surface area contributed by atoms with Crippen molar-refractivity contribution in [3.63, 3.8) is 0 Å². The molecule has 1 aromatic rings. The van der Waals surface area contributed by atoms with Crippen LogP contribution in [0.2, 0.25) is 0 Å². The highest BCUT2D eigenvalue weighted by atomic mass is 32.2. The van der Waals surface area contributed by atoms with Crippen molar-refractivity contribution in [1.82, 2.24) is 0 Å². The van der Waals surface area contributed by atoms with Gasteiger partial charge in [0.25, 0.3) is 0 Å². The first-order valence-electron chi connectivity index (χ1n) is 5.66. The predicted molar refractivity (Wildman–Crippen MR) is 69.6 cm³/mol. The first-order chi connectivity index (χ1) is 7.96. The normalized spacial score (nSPS) is 11.8. The van der Waals surface area contributed by atoms with E-state index in [1.165, 1.54) is 0 Å². The Balaban J connectivity index is 2.88. The van der Waals surface area contributed by atoms with Gasteiger partial charge in [-0.15, -0.1) is 0 Å². The van der Waals surface area contributed by atoms with Crippen molar-refractivity contribution in [3.8, 4) is 0 Å². The van der Waals surface area contributed by atoms with Crippen LogP contribution in [0.1, 0.15) is 31.7 Å². The van der Waals surface area contributed by atoms with Gasteiger partial charge < -0.3 is 5.11 Å². The minimum absolute atomic E-state index is 0.0596. The van der Waals surface area contributed by atoms with Crippen LogP contribution in [-0.4, -0.2) is 25.9 Å². The van der Waals surface area contributed by atoms with E-state index >= 15 is 0 Å². The lowest BCUT2D eigenvalue weighted by Gasteiger charge is -2.14. The molecule has 0 fully saturated rings. The van der Waals surface area contributed by atoms with E-state index in [4.69, 9.17) is 5.11 Å². The van der Waals surface area contributed by atoms with Crippen molar-refractivity contribution in [1.29, 1.82) is 0 Å². The minimum atomic E-state index is -3.36. The largest absolute Gasteiger partial charge is 0.396 e. The summed E-state index contributed by atoms with van der Waals surface area (Å²) >= 11 is 0. The van der Waals surface area contributed by atoms with Gasteiger partial charge in [0.2, 0.25) is 10.0 Å². The van der Waals surface area contributed by atoms with Crippen LogP contribution in [0.15, 0.2) is 24.3 Å². The van der Waals surface area contributed by atoms with E-state index in [2.05, 4.69) is 4.72 Å². The van der Waals surface area contributed by atoms with Crippen LogP contribution in [0, 0.1) is 0 Å². The molecular weight excluding hydrogens is 238 g/mol. The van der Waals surface area contributed by atoms with E-state index in [1.54, 1.807) is 12.1 Å². The summed E-state index contributed by atoms with van der Waals surface area (Å²) in [5.74, 6) is 0.197. The van der Waals surface area contributed by atoms with Crippen molar-refractivity contribution < 1.29 is 13.5 Å². The number of aliphatic hydroxyl groups is 1. The minimum Gasteiger partial charge on any atom is -0.396 e. The Bertz CT molecular complexity index is 455. The molecule has 4 nitrogen and oxygen atoms in total. The lowest BCUT2D eigenvalue weighted by atomic mass is 10.0. The molecule has 0 bridgehead atoms. The quantitative estimate of drug-likeness (QED) is 0.818. The van der Waals surface area contributed by atoms with Gasteiger partial charge in [0.05, 0.1) is 11.4 Å². The van der Waals surface area contributed by atoms with Gasteiger partial charge in [-0.3, -0.25) is 4.72 Å². The second kappa shape index (κ2) is 6.02. The number of para-hydroxylation sites is 1. The highest BCUT2D eigenvalue weighted by Crippen LogP contribution is 2.24. The summed E-state index contributed by atoms with van der Waals surface area (Å²) in [5, 5.41) is 8.65. The molecule has 0 unspecified atom stereocenters. The molecule has 0 atom stereocenters. The summed E-state index contributed by atoms with van der Waals surface area (Å²) in [6.45, 7) is 3.91. The Morgan fingerprint density at radius 1 is 1.29 bits per heavy atom. The first-order valence-corrected chi connectivity index (χ1v) is 7.32. The van der Waals surface area contributed by atoms with Crippen molar-refractivity contribution in [2.24, 2.45) is 0 Å². The average molecular weight is 257 g/mol. The van der Waals surface area contributed by atoms with E-state index in [1.807, 2.05) is 26.0 Å². The lowest BCUT2D eigenvalue weighted by molar-refractivity contribution is 0.295. The van der Waals surface area contributed by atoms with E-state index in [0.29, 0.717) is 5.69 Å². The molecule has 0 saturated carbocycles. The molecule has 2 N–H and O–H groups in total. The molecule has 17 heavy (non-hydrogen) atoms. The molecule has 1 rings (SSSR count). The predicted octanol–water partition coefficient (Wildman–Crippen LogP) is 1.93. The Morgan fingerprint density at radius 2 is 1.94 bits per heavy atom. The maximum absolute atomic E-state index is 11.7. The van der Waals surface area contributed by atoms with Gasteiger partial charge in [-0.1, -0.05) is 32.0 Å². The SMILES string of the molecule is CC(C)c1ccccc1NS(=O)(=O)CCCO. The first kappa shape index (κ1) is 14.0. The van der Waals surface area contributed by atoms with Crippen LogP contribution in [0.4, 0.5) is 5.69 Å². The number of aliphatic hydroxyl groups excluding tert-OH is 1. The molecule has 1 aromatic carbocycles. The number of nitrogens with one attached hydrogen (secondary N) is 1. The van der Waals surface area contributed by atoms with Crippen LogP contribution in [0.5, 0.6) is 0 Å². The molecule has 0 aliphatic heterocycles. The Morgan fingerprint density at radius 3 is 2.53 bits per heavy atom. The Kier molecular flexibility index (Phi) is 4.96. The van der Waals surface area contributed by atoms with E-state index in [0.717, 1.165) is 5.56 Å². The van der Waals surface area contributed by atoms with Gasteiger partial charge >= 0.3 is 0 Å². The van der Waals surface area contributed by atoms with Crippen LogP contribution in [0.25, 0.3) is 0 Å². The molecule has 0 heterocycles. The van der Waals surface area contributed by atoms with Crippen molar-refractivity contribution in [3.05, 3.63) is 29.8 Å². The smallest absolute Gasteiger partial charge is 0.232 e. The fourth-order valence-electron chi connectivity index (χ4n) is 1.57. The fraction of sp³-hybridized carbons (Fsp3) is 0.500. The van der Waals surface area contributed by atoms with Gasteiger partial charge in [-0.25, -0.2) is 8.42 Å². The van der Waals surface area contributed by atoms with Crippen LogP contribution in [0.3, 0.4) is 0 Å². The topological polar surface area (TPSA) is 66.4 Å². The maximum atomic E-state index is 11.7. The summed E-state index contributed by atoms with van der Waals surface area (Å²) in [6.07, 6.45) is 0.249. The summed E-state index contributed by atoms with van der Waals surface area (Å²) in [5.41, 5.74) is 1.60. The zero-order valence-electron chi connectivity index (χ0n) is 10.2. The molecule has 0 aliphatic rings. The molecule has 0 spiro atoms. The number of hydrogen-bond acceptors (Lipinski definition) is 3. The summed E-state index contributed by atoms with van der Waals surface area (Å²) in [4.78, 5) is 0. The standard InChI is InChI=1S/C12H19NO3S/c1-10(2)11-6-3-4-7-12(11)13-17(15,16)9-5-8-14/h3-4,6-7,10,13-14H,5,8-9H2,1-2H3. The number of anilines is 1. The zero-order chi connectivity index (χ0) is 12.9. The monoisotopic (exact) mass is 257 g/mol. The van der Waals surface area contributed by atoms with Crippen molar-refractivity contribution in [2.75, 3.05) is 17.1 Å².